The molecule has 0 saturated heterocycles. The van der Waals surface area contributed by atoms with Gasteiger partial charge in [0.15, 0.2) is 0 Å². The molecule has 1 aromatic heterocycles. The van der Waals surface area contributed by atoms with Gasteiger partial charge in [-0.05, 0) is 35.9 Å². The number of nitrogens with zero attached hydrogens (tertiary/aromatic N) is 3. The predicted octanol–water partition coefficient (Wildman–Crippen LogP) is 2.51. The van der Waals surface area contributed by atoms with Crippen LogP contribution in [0.3, 0.4) is 0 Å². The molecule has 24 heavy (non-hydrogen) atoms. The molecule has 0 saturated carbocycles. The number of hydrogen-bond acceptors (Lipinski definition) is 4. The number of para-hydroxylation sites is 1. The lowest BCUT2D eigenvalue weighted by Gasteiger charge is -2.03. The third kappa shape index (κ3) is 2.65. The van der Waals surface area contributed by atoms with E-state index in [2.05, 4.69) is 20.6 Å². The predicted molar refractivity (Wildman–Crippen MR) is 94.3 cm³/mol. The van der Waals surface area contributed by atoms with Crippen molar-refractivity contribution in [1.82, 2.24) is 14.9 Å². The molecule has 0 bridgehead atoms. The largest absolute Gasteiger partial charge is 0.334 e. The van der Waals surface area contributed by atoms with Gasteiger partial charge in [0.05, 0.1) is 17.4 Å². The Morgan fingerprint density at radius 2 is 2.00 bits per heavy atom. The maximum Gasteiger partial charge on any atom is 0.276 e. The van der Waals surface area contributed by atoms with Crippen molar-refractivity contribution in [3.8, 4) is 0 Å². The Balaban J connectivity index is 1.61. The first kappa shape index (κ1) is 14.2. The van der Waals surface area contributed by atoms with Crippen molar-refractivity contribution in [3.63, 3.8) is 0 Å². The molecule has 1 amide bonds. The van der Waals surface area contributed by atoms with E-state index in [1.807, 2.05) is 60.1 Å². The minimum atomic E-state index is -0.227. The summed E-state index contributed by atoms with van der Waals surface area (Å²) in [6.07, 6.45) is 3.52. The highest BCUT2D eigenvalue weighted by atomic mass is 16.2. The Kier molecular flexibility index (Phi) is 3.35. The zero-order chi connectivity index (χ0) is 16.5. The molecule has 0 aliphatic carbocycles. The quantitative estimate of drug-likeness (QED) is 0.713. The molecule has 1 aliphatic rings. The molecule has 3 aromatic rings. The fourth-order valence-electron chi connectivity index (χ4n) is 2.59. The smallest absolute Gasteiger partial charge is 0.276 e. The lowest BCUT2D eigenvalue weighted by molar-refractivity contribution is -0.115. The summed E-state index contributed by atoms with van der Waals surface area (Å²) in [5.74, 6) is 0.200. The molecule has 6 heteroatoms. The molecule has 2 heterocycles. The summed E-state index contributed by atoms with van der Waals surface area (Å²) in [4.78, 5) is 20.7. The molecule has 0 spiro atoms. The van der Waals surface area contributed by atoms with Gasteiger partial charge in [0.2, 0.25) is 5.96 Å². The third-order valence-corrected chi connectivity index (χ3v) is 3.79. The highest BCUT2D eigenvalue weighted by Crippen LogP contribution is 2.18. The highest BCUT2D eigenvalue weighted by Gasteiger charge is 2.20. The minimum Gasteiger partial charge on any atom is -0.334 e. The summed E-state index contributed by atoms with van der Waals surface area (Å²) in [6, 6.07) is 15.4. The molecule has 118 valence electrons. The van der Waals surface area contributed by atoms with E-state index in [9.17, 15) is 4.79 Å². The first-order valence-corrected chi connectivity index (χ1v) is 7.54. The topological polar surface area (TPSA) is 71.3 Å². The third-order valence-electron chi connectivity index (χ3n) is 3.79. The van der Waals surface area contributed by atoms with E-state index in [1.54, 1.807) is 12.4 Å². The highest BCUT2D eigenvalue weighted by molar-refractivity contribution is 6.17. The van der Waals surface area contributed by atoms with E-state index in [0.717, 1.165) is 22.3 Å². The number of carbonyl (C=O) groups excluding carboxylic acids is 1. The minimum absolute atomic E-state index is 0.227. The molecule has 0 atom stereocenters. The van der Waals surface area contributed by atoms with Crippen LogP contribution >= 0.6 is 0 Å². The number of rotatable bonds is 2. The number of aryl methyl sites for hydroxylation is 1. The summed E-state index contributed by atoms with van der Waals surface area (Å²) in [6.45, 7) is 0. The van der Waals surface area contributed by atoms with Crippen molar-refractivity contribution in [2.75, 3.05) is 5.32 Å². The van der Waals surface area contributed by atoms with E-state index >= 15 is 0 Å². The van der Waals surface area contributed by atoms with Gasteiger partial charge in [-0.1, -0.05) is 24.3 Å². The van der Waals surface area contributed by atoms with Crippen molar-refractivity contribution < 1.29 is 4.79 Å². The summed E-state index contributed by atoms with van der Waals surface area (Å²) >= 11 is 0. The number of nitrogens with one attached hydrogen (secondary N) is 2. The number of imidazole rings is 1. The summed E-state index contributed by atoms with van der Waals surface area (Å²) in [5, 5.41) is 5.81. The molecular weight excluding hydrogens is 302 g/mol. The van der Waals surface area contributed by atoms with Gasteiger partial charge < -0.3 is 9.88 Å². The van der Waals surface area contributed by atoms with E-state index in [-0.39, 0.29) is 5.91 Å². The van der Waals surface area contributed by atoms with Crippen LogP contribution < -0.4 is 10.6 Å². The maximum atomic E-state index is 12.1. The van der Waals surface area contributed by atoms with Gasteiger partial charge in [0.25, 0.3) is 5.91 Å². The Hall–Kier alpha value is -3.41. The van der Waals surface area contributed by atoms with Crippen LogP contribution in [0.1, 0.15) is 5.56 Å². The lowest BCUT2D eigenvalue weighted by Crippen LogP contribution is -2.29. The fraction of sp³-hybridized carbons (Fsp3) is 0.0556. The molecular formula is C18H15N5O. The second kappa shape index (κ2) is 5.66. The van der Waals surface area contributed by atoms with Gasteiger partial charge in [-0.25, -0.2) is 9.98 Å². The fourth-order valence-corrected chi connectivity index (χ4v) is 2.59. The van der Waals surface area contributed by atoms with Crippen LogP contribution in [0.25, 0.3) is 17.1 Å². The first-order valence-electron chi connectivity index (χ1n) is 7.54. The average Bonchev–Trinajstić information content (AvgIpc) is 3.11. The average molecular weight is 317 g/mol. The Morgan fingerprint density at radius 1 is 1.17 bits per heavy atom. The number of guanidine groups is 1. The first-order chi connectivity index (χ1) is 11.7. The van der Waals surface area contributed by atoms with Crippen LogP contribution in [0.15, 0.2) is 65.5 Å². The molecule has 6 nitrogen and oxygen atoms in total. The standard InChI is InChI=1S/C18H15N5O/c1-23-11-19-14-9-12(7-8-16(14)23)10-15-17(24)22-18(21-15)20-13-5-3-2-4-6-13/h2-11H,1H3,(H2,20,21,22,24)/b15-10-. The number of benzene rings is 2. The second-order valence-corrected chi connectivity index (χ2v) is 5.54. The summed E-state index contributed by atoms with van der Waals surface area (Å²) < 4.78 is 1.95. The number of fused-ring (bicyclic) bond motifs is 1. The van der Waals surface area contributed by atoms with Crippen LogP contribution in [0.4, 0.5) is 5.69 Å². The number of hydrogen-bond donors (Lipinski definition) is 2. The number of carbonyl (C=O) groups is 1. The van der Waals surface area contributed by atoms with Crippen LogP contribution in [-0.2, 0) is 11.8 Å². The Labute approximate surface area is 138 Å². The van der Waals surface area contributed by atoms with Crippen LogP contribution in [0.5, 0.6) is 0 Å². The summed E-state index contributed by atoms with van der Waals surface area (Å²) in [5.41, 5.74) is 4.05. The number of aromatic nitrogens is 2. The van der Waals surface area contributed by atoms with Crippen molar-refractivity contribution in [1.29, 1.82) is 0 Å². The van der Waals surface area contributed by atoms with Gasteiger partial charge in [-0.15, -0.1) is 0 Å². The lowest BCUT2D eigenvalue weighted by atomic mass is 10.1. The SMILES string of the molecule is Cn1cnc2cc(/C=C3\N=C(Nc4ccccc4)NC3=O)ccc21. The van der Waals surface area contributed by atoms with Gasteiger partial charge in [0, 0.05) is 12.7 Å². The van der Waals surface area contributed by atoms with Gasteiger partial charge in [-0.3, -0.25) is 10.1 Å². The van der Waals surface area contributed by atoms with Crippen LogP contribution in [0.2, 0.25) is 0 Å². The molecule has 2 aromatic carbocycles. The number of anilines is 1. The zero-order valence-electron chi connectivity index (χ0n) is 13.0. The van der Waals surface area contributed by atoms with Gasteiger partial charge in [0.1, 0.15) is 5.70 Å². The van der Waals surface area contributed by atoms with Crippen molar-refractivity contribution in [3.05, 3.63) is 66.1 Å². The monoisotopic (exact) mass is 317 g/mol. The van der Waals surface area contributed by atoms with Crippen molar-refractivity contribution in [2.45, 2.75) is 0 Å². The Bertz CT molecular complexity index is 985. The normalized spacial score (nSPS) is 15.6. The molecule has 0 radical (unpaired) electrons. The van der Waals surface area contributed by atoms with Crippen LogP contribution in [0, 0.1) is 0 Å². The zero-order valence-corrected chi connectivity index (χ0v) is 13.0. The molecule has 1 aliphatic heterocycles. The van der Waals surface area contributed by atoms with E-state index in [0.29, 0.717) is 11.7 Å². The number of amides is 1. The van der Waals surface area contributed by atoms with E-state index in [4.69, 9.17) is 0 Å². The molecule has 0 unspecified atom stereocenters. The molecule has 2 N–H and O–H groups in total. The van der Waals surface area contributed by atoms with Gasteiger partial charge in [-0.2, -0.15) is 0 Å². The van der Waals surface area contributed by atoms with E-state index < -0.39 is 0 Å². The summed E-state index contributed by atoms with van der Waals surface area (Å²) in [7, 11) is 1.95. The maximum absolute atomic E-state index is 12.1. The van der Waals surface area contributed by atoms with Crippen molar-refractivity contribution >= 4 is 34.7 Å². The molecule has 4 rings (SSSR count). The van der Waals surface area contributed by atoms with Gasteiger partial charge >= 0.3 is 0 Å². The second-order valence-electron chi connectivity index (χ2n) is 5.54. The molecule has 0 fully saturated rings. The van der Waals surface area contributed by atoms with E-state index in [1.165, 1.54) is 0 Å². The number of aliphatic imine (C=N–C) groups is 1. The Morgan fingerprint density at radius 3 is 2.83 bits per heavy atom. The van der Waals surface area contributed by atoms with Crippen molar-refractivity contribution in [2.24, 2.45) is 12.0 Å². The van der Waals surface area contributed by atoms with Crippen LogP contribution in [-0.4, -0.2) is 21.4 Å².